The van der Waals surface area contributed by atoms with Gasteiger partial charge in [0, 0.05) is 0 Å². The molecule has 2 aromatic carbocycles. The molecule has 1 saturated heterocycles. The van der Waals surface area contributed by atoms with E-state index in [-0.39, 0.29) is 17.8 Å². The number of benzene rings is 2. The first kappa shape index (κ1) is 22.8. The molecule has 1 amide bonds. The van der Waals surface area contributed by atoms with Crippen LogP contribution in [0.3, 0.4) is 0 Å². The number of rotatable bonds is 10. The number of esters is 1. The predicted octanol–water partition coefficient (Wildman–Crippen LogP) is 3.91. The van der Waals surface area contributed by atoms with Crippen LogP contribution in [0.25, 0.3) is 0 Å². The van der Waals surface area contributed by atoms with Crippen molar-refractivity contribution in [2.75, 3.05) is 38.2 Å². The van der Waals surface area contributed by atoms with Crippen molar-refractivity contribution in [3.8, 4) is 5.75 Å². The SMILES string of the molecule is CCOC(=O)C1CCN(CC(=O)Nc2ccccc2OCCCc2ccccc2)CC1. The summed E-state index contributed by atoms with van der Waals surface area (Å²) < 4.78 is 11.0. The van der Waals surface area contributed by atoms with Gasteiger partial charge in [-0.1, -0.05) is 42.5 Å². The fourth-order valence-electron chi connectivity index (χ4n) is 3.78. The minimum Gasteiger partial charge on any atom is -0.491 e. The maximum atomic E-state index is 12.6. The molecule has 0 aromatic heterocycles. The normalized spacial score (nSPS) is 14.7. The molecule has 1 aliphatic heterocycles. The number of hydrogen-bond donors (Lipinski definition) is 1. The highest BCUT2D eigenvalue weighted by Gasteiger charge is 2.26. The van der Waals surface area contributed by atoms with Crippen LogP contribution in [0.15, 0.2) is 54.6 Å². The van der Waals surface area contributed by atoms with E-state index in [1.807, 2.05) is 49.4 Å². The van der Waals surface area contributed by atoms with Crippen molar-refractivity contribution in [3.63, 3.8) is 0 Å². The van der Waals surface area contributed by atoms with E-state index in [0.717, 1.165) is 25.7 Å². The number of carbonyl (C=O) groups is 2. The van der Waals surface area contributed by atoms with Crippen molar-refractivity contribution in [2.45, 2.75) is 32.6 Å². The zero-order valence-electron chi connectivity index (χ0n) is 18.2. The average Bonchev–Trinajstić information content (AvgIpc) is 2.79. The third-order valence-electron chi connectivity index (χ3n) is 5.45. The van der Waals surface area contributed by atoms with Crippen LogP contribution in [-0.4, -0.2) is 49.6 Å². The number of carbonyl (C=O) groups excluding carboxylic acids is 2. The molecule has 1 heterocycles. The molecule has 0 bridgehead atoms. The Morgan fingerprint density at radius 3 is 2.48 bits per heavy atom. The van der Waals surface area contributed by atoms with Gasteiger partial charge in [-0.3, -0.25) is 14.5 Å². The smallest absolute Gasteiger partial charge is 0.309 e. The van der Waals surface area contributed by atoms with Crippen molar-refractivity contribution < 1.29 is 19.1 Å². The van der Waals surface area contributed by atoms with Crippen LogP contribution in [0.5, 0.6) is 5.75 Å². The van der Waals surface area contributed by atoms with E-state index in [0.29, 0.717) is 44.3 Å². The molecular weight excluding hydrogens is 392 g/mol. The van der Waals surface area contributed by atoms with E-state index in [9.17, 15) is 9.59 Å². The number of nitrogens with one attached hydrogen (secondary N) is 1. The molecule has 1 fully saturated rings. The molecule has 0 saturated carbocycles. The molecule has 31 heavy (non-hydrogen) atoms. The first-order chi connectivity index (χ1) is 15.2. The molecule has 6 nitrogen and oxygen atoms in total. The van der Waals surface area contributed by atoms with E-state index in [1.54, 1.807) is 0 Å². The van der Waals surface area contributed by atoms with Crippen LogP contribution in [0.4, 0.5) is 5.69 Å². The van der Waals surface area contributed by atoms with Crippen LogP contribution < -0.4 is 10.1 Å². The summed E-state index contributed by atoms with van der Waals surface area (Å²) in [5.74, 6) is 0.439. The highest BCUT2D eigenvalue weighted by atomic mass is 16.5. The number of ether oxygens (including phenoxy) is 2. The van der Waals surface area contributed by atoms with Gasteiger partial charge in [-0.15, -0.1) is 0 Å². The zero-order valence-corrected chi connectivity index (χ0v) is 18.2. The second kappa shape index (κ2) is 12.1. The van der Waals surface area contributed by atoms with Crippen LogP contribution >= 0.6 is 0 Å². The number of hydrogen-bond acceptors (Lipinski definition) is 5. The zero-order chi connectivity index (χ0) is 21.9. The van der Waals surface area contributed by atoms with Crippen molar-refractivity contribution in [1.29, 1.82) is 0 Å². The Bertz CT molecular complexity index is 832. The van der Waals surface area contributed by atoms with Gasteiger partial charge in [-0.05, 0) is 63.4 Å². The number of likely N-dealkylation sites (tertiary alicyclic amines) is 1. The van der Waals surface area contributed by atoms with E-state index < -0.39 is 0 Å². The lowest BCUT2D eigenvalue weighted by Gasteiger charge is -2.30. The highest BCUT2D eigenvalue weighted by molar-refractivity contribution is 5.93. The summed E-state index contributed by atoms with van der Waals surface area (Å²) in [6.45, 7) is 4.56. The summed E-state index contributed by atoms with van der Waals surface area (Å²) in [5, 5.41) is 2.97. The molecule has 3 rings (SSSR count). The highest BCUT2D eigenvalue weighted by Crippen LogP contribution is 2.24. The van der Waals surface area contributed by atoms with Crippen LogP contribution in [0.2, 0.25) is 0 Å². The third kappa shape index (κ3) is 7.40. The summed E-state index contributed by atoms with van der Waals surface area (Å²) in [5.41, 5.74) is 1.98. The van der Waals surface area contributed by atoms with Gasteiger partial charge in [0.05, 0.1) is 31.4 Å². The number of anilines is 1. The van der Waals surface area contributed by atoms with Gasteiger partial charge in [0.15, 0.2) is 0 Å². The van der Waals surface area contributed by atoms with Gasteiger partial charge < -0.3 is 14.8 Å². The minimum absolute atomic E-state index is 0.0516. The van der Waals surface area contributed by atoms with Gasteiger partial charge in [0.1, 0.15) is 5.75 Å². The first-order valence-corrected chi connectivity index (χ1v) is 11.1. The number of nitrogens with zero attached hydrogens (tertiary/aromatic N) is 1. The van der Waals surface area contributed by atoms with Gasteiger partial charge in [-0.2, -0.15) is 0 Å². The van der Waals surface area contributed by atoms with Gasteiger partial charge in [-0.25, -0.2) is 0 Å². The third-order valence-corrected chi connectivity index (χ3v) is 5.45. The van der Waals surface area contributed by atoms with Crippen LogP contribution in [0, 0.1) is 5.92 Å². The fraction of sp³-hybridized carbons (Fsp3) is 0.440. The number of aryl methyl sites for hydroxylation is 1. The lowest BCUT2D eigenvalue weighted by Crippen LogP contribution is -2.41. The molecule has 0 aliphatic carbocycles. The summed E-state index contributed by atoms with van der Waals surface area (Å²) in [6.07, 6.45) is 3.32. The minimum atomic E-state index is -0.120. The lowest BCUT2D eigenvalue weighted by atomic mass is 9.97. The summed E-state index contributed by atoms with van der Waals surface area (Å²) in [7, 11) is 0. The Morgan fingerprint density at radius 2 is 1.74 bits per heavy atom. The molecule has 2 aromatic rings. The maximum absolute atomic E-state index is 12.6. The molecule has 0 atom stereocenters. The van der Waals surface area contributed by atoms with E-state index in [1.165, 1.54) is 5.56 Å². The Kier molecular flexibility index (Phi) is 8.91. The summed E-state index contributed by atoms with van der Waals surface area (Å²) in [6, 6.07) is 17.9. The average molecular weight is 425 g/mol. The molecule has 0 unspecified atom stereocenters. The molecular formula is C25H32N2O4. The molecule has 0 spiro atoms. The number of amides is 1. The summed E-state index contributed by atoms with van der Waals surface area (Å²) in [4.78, 5) is 26.5. The van der Waals surface area contributed by atoms with Gasteiger partial charge in [0.25, 0.3) is 0 Å². The topological polar surface area (TPSA) is 67.9 Å². The summed E-state index contributed by atoms with van der Waals surface area (Å²) >= 11 is 0. The van der Waals surface area contributed by atoms with Gasteiger partial charge >= 0.3 is 5.97 Å². The Balaban J connectivity index is 1.42. The Hall–Kier alpha value is -2.86. The molecule has 6 heteroatoms. The number of para-hydroxylation sites is 2. The first-order valence-electron chi connectivity index (χ1n) is 11.1. The predicted molar refractivity (Wildman–Crippen MR) is 121 cm³/mol. The van der Waals surface area contributed by atoms with Crippen molar-refractivity contribution in [2.24, 2.45) is 5.92 Å². The molecule has 166 valence electrons. The largest absolute Gasteiger partial charge is 0.491 e. The van der Waals surface area contributed by atoms with E-state index in [2.05, 4.69) is 22.3 Å². The van der Waals surface area contributed by atoms with Crippen molar-refractivity contribution in [3.05, 3.63) is 60.2 Å². The second-order valence-corrected chi connectivity index (χ2v) is 7.78. The Morgan fingerprint density at radius 1 is 1.03 bits per heavy atom. The van der Waals surface area contributed by atoms with Crippen LogP contribution in [0.1, 0.15) is 31.7 Å². The van der Waals surface area contributed by atoms with E-state index >= 15 is 0 Å². The quantitative estimate of drug-likeness (QED) is 0.463. The van der Waals surface area contributed by atoms with Gasteiger partial charge in [0.2, 0.25) is 5.91 Å². The standard InChI is InChI=1S/C25H32N2O4/c1-2-30-25(29)21-14-16-27(17-15-21)19-24(28)26-22-12-6-7-13-23(22)31-18-8-11-20-9-4-3-5-10-20/h3-7,9-10,12-13,21H,2,8,11,14-19H2,1H3,(H,26,28). The van der Waals surface area contributed by atoms with Crippen molar-refractivity contribution in [1.82, 2.24) is 4.90 Å². The lowest BCUT2D eigenvalue weighted by molar-refractivity contribution is -0.149. The molecule has 1 aliphatic rings. The monoisotopic (exact) mass is 424 g/mol. The fourth-order valence-corrected chi connectivity index (χ4v) is 3.78. The number of piperidine rings is 1. The van der Waals surface area contributed by atoms with Crippen molar-refractivity contribution >= 4 is 17.6 Å². The maximum Gasteiger partial charge on any atom is 0.309 e. The van der Waals surface area contributed by atoms with E-state index in [4.69, 9.17) is 9.47 Å². The second-order valence-electron chi connectivity index (χ2n) is 7.78. The van der Waals surface area contributed by atoms with Crippen LogP contribution in [-0.2, 0) is 20.7 Å². The molecule has 1 N–H and O–H groups in total. The molecule has 0 radical (unpaired) electrons. The Labute approximate surface area is 184 Å².